The zero-order valence-corrected chi connectivity index (χ0v) is 13.4. The molecule has 1 aromatic heterocycles. The van der Waals surface area contributed by atoms with Gasteiger partial charge in [-0.15, -0.1) is 0 Å². The molecule has 1 heterocycles. The van der Waals surface area contributed by atoms with Crippen molar-refractivity contribution < 1.29 is 9.90 Å². The van der Waals surface area contributed by atoms with Crippen LogP contribution in [-0.2, 0) is 6.42 Å². The van der Waals surface area contributed by atoms with E-state index in [9.17, 15) is 9.90 Å². The van der Waals surface area contributed by atoms with E-state index < -0.39 is 5.97 Å². The molecule has 22 heavy (non-hydrogen) atoms. The number of carboxylic acids is 1. The van der Waals surface area contributed by atoms with Crippen LogP contribution in [0.2, 0.25) is 10.0 Å². The van der Waals surface area contributed by atoms with Gasteiger partial charge in [0.1, 0.15) is 11.4 Å². The second-order valence-electron chi connectivity index (χ2n) is 5.52. The van der Waals surface area contributed by atoms with Crippen molar-refractivity contribution in [3.63, 3.8) is 0 Å². The van der Waals surface area contributed by atoms with Crippen LogP contribution in [0.1, 0.15) is 34.7 Å². The zero-order valence-electron chi connectivity index (χ0n) is 11.9. The van der Waals surface area contributed by atoms with Gasteiger partial charge in [0.25, 0.3) is 0 Å². The van der Waals surface area contributed by atoms with Crippen LogP contribution in [0, 0.1) is 12.8 Å². The van der Waals surface area contributed by atoms with Crippen LogP contribution in [-0.4, -0.2) is 21.0 Å². The molecule has 6 heteroatoms. The Morgan fingerprint density at radius 2 is 2.00 bits per heavy atom. The number of benzene rings is 1. The summed E-state index contributed by atoms with van der Waals surface area (Å²) in [7, 11) is 0. The topological polar surface area (TPSA) is 63.1 Å². The smallest absolute Gasteiger partial charge is 0.339 e. The summed E-state index contributed by atoms with van der Waals surface area (Å²) >= 11 is 12.0. The van der Waals surface area contributed by atoms with Crippen LogP contribution in [0.5, 0.6) is 0 Å². The molecule has 0 unspecified atom stereocenters. The molecule has 0 saturated heterocycles. The van der Waals surface area contributed by atoms with Gasteiger partial charge in [0, 0.05) is 5.56 Å². The lowest BCUT2D eigenvalue weighted by molar-refractivity contribution is 0.0695. The highest BCUT2D eigenvalue weighted by Crippen LogP contribution is 2.35. The standard InChI is InChI=1S/C16H14Cl2N2O2/c1-8-19-13(6-9-2-3-9)14(16(21)22)15(20-8)10-4-5-11(17)12(18)7-10/h4-5,7,9H,2-3,6H2,1H3,(H,21,22). The van der Waals surface area contributed by atoms with E-state index in [-0.39, 0.29) is 5.56 Å². The SMILES string of the molecule is Cc1nc(CC2CC2)c(C(=O)O)c(-c2ccc(Cl)c(Cl)c2)n1. The summed E-state index contributed by atoms with van der Waals surface area (Å²) in [6.07, 6.45) is 2.94. The Morgan fingerprint density at radius 1 is 1.27 bits per heavy atom. The van der Waals surface area contributed by atoms with Crippen molar-refractivity contribution in [1.82, 2.24) is 9.97 Å². The maximum Gasteiger partial charge on any atom is 0.339 e. The van der Waals surface area contributed by atoms with Gasteiger partial charge in [-0.2, -0.15) is 0 Å². The van der Waals surface area contributed by atoms with Gasteiger partial charge in [0.2, 0.25) is 0 Å². The minimum absolute atomic E-state index is 0.163. The van der Waals surface area contributed by atoms with Crippen LogP contribution >= 0.6 is 23.2 Å². The number of hydrogen-bond acceptors (Lipinski definition) is 3. The number of nitrogens with zero attached hydrogens (tertiary/aromatic N) is 2. The van der Waals surface area contributed by atoms with Gasteiger partial charge < -0.3 is 5.11 Å². The number of aromatic carboxylic acids is 1. The van der Waals surface area contributed by atoms with Gasteiger partial charge in [0.15, 0.2) is 0 Å². The third kappa shape index (κ3) is 3.08. The normalized spacial score (nSPS) is 14.1. The summed E-state index contributed by atoms with van der Waals surface area (Å²) in [5, 5.41) is 10.4. The van der Waals surface area contributed by atoms with Crippen LogP contribution in [0.4, 0.5) is 0 Å². The summed E-state index contributed by atoms with van der Waals surface area (Å²) in [5.74, 6) is 0.0764. The maximum absolute atomic E-state index is 11.7. The highest BCUT2D eigenvalue weighted by atomic mass is 35.5. The Balaban J connectivity index is 2.17. The second kappa shape index (κ2) is 5.86. The van der Waals surface area contributed by atoms with E-state index in [0.717, 1.165) is 12.8 Å². The van der Waals surface area contributed by atoms with Crippen molar-refractivity contribution in [1.29, 1.82) is 0 Å². The van der Waals surface area contributed by atoms with Gasteiger partial charge >= 0.3 is 5.97 Å². The first-order valence-electron chi connectivity index (χ1n) is 7.02. The number of hydrogen-bond donors (Lipinski definition) is 1. The molecule has 1 aliphatic rings. The molecule has 1 saturated carbocycles. The van der Waals surface area contributed by atoms with Gasteiger partial charge in [-0.25, -0.2) is 14.8 Å². The molecule has 0 spiro atoms. The van der Waals surface area contributed by atoms with Crippen molar-refractivity contribution in [3.05, 3.63) is 45.3 Å². The van der Waals surface area contributed by atoms with Crippen molar-refractivity contribution in [2.24, 2.45) is 5.92 Å². The molecule has 0 aliphatic heterocycles. The molecule has 2 aromatic rings. The highest BCUT2D eigenvalue weighted by molar-refractivity contribution is 6.42. The molecule has 1 aliphatic carbocycles. The Morgan fingerprint density at radius 3 is 2.59 bits per heavy atom. The lowest BCUT2D eigenvalue weighted by atomic mass is 10.0. The van der Waals surface area contributed by atoms with Crippen molar-refractivity contribution in [2.75, 3.05) is 0 Å². The summed E-state index contributed by atoms with van der Waals surface area (Å²) in [6, 6.07) is 5.01. The maximum atomic E-state index is 11.7. The number of halogens is 2. The van der Waals surface area contributed by atoms with Gasteiger partial charge in [-0.1, -0.05) is 29.3 Å². The van der Waals surface area contributed by atoms with Crippen molar-refractivity contribution in [2.45, 2.75) is 26.2 Å². The van der Waals surface area contributed by atoms with E-state index in [1.54, 1.807) is 25.1 Å². The first-order chi connectivity index (χ1) is 10.5. The van der Waals surface area contributed by atoms with E-state index in [2.05, 4.69) is 9.97 Å². The van der Waals surface area contributed by atoms with E-state index >= 15 is 0 Å². The number of carboxylic acid groups (broad SMARTS) is 1. The Labute approximate surface area is 138 Å². The van der Waals surface area contributed by atoms with E-state index in [4.69, 9.17) is 23.2 Å². The van der Waals surface area contributed by atoms with E-state index in [1.165, 1.54) is 0 Å². The van der Waals surface area contributed by atoms with Gasteiger partial charge in [-0.05, 0) is 44.2 Å². The van der Waals surface area contributed by atoms with E-state index in [1.807, 2.05) is 0 Å². The number of aryl methyl sites for hydroxylation is 1. The fourth-order valence-corrected chi connectivity index (χ4v) is 2.75. The molecule has 0 radical (unpaired) electrons. The lowest BCUT2D eigenvalue weighted by Crippen LogP contribution is -2.11. The summed E-state index contributed by atoms with van der Waals surface area (Å²) in [6.45, 7) is 1.77. The molecule has 1 fully saturated rings. The third-order valence-corrected chi connectivity index (χ3v) is 4.42. The number of aromatic nitrogens is 2. The molecule has 3 rings (SSSR count). The lowest BCUT2D eigenvalue weighted by Gasteiger charge is -2.12. The number of rotatable bonds is 4. The zero-order chi connectivity index (χ0) is 15.9. The summed E-state index contributed by atoms with van der Waals surface area (Å²) < 4.78 is 0. The fourth-order valence-electron chi connectivity index (χ4n) is 2.45. The number of carbonyl (C=O) groups is 1. The molecule has 1 aromatic carbocycles. The van der Waals surface area contributed by atoms with Crippen LogP contribution in [0.15, 0.2) is 18.2 Å². The highest BCUT2D eigenvalue weighted by Gasteiger charge is 2.28. The molecular formula is C16H14Cl2N2O2. The Kier molecular flexibility index (Phi) is 4.06. The minimum atomic E-state index is -1.02. The fraction of sp³-hybridized carbons (Fsp3) is 0.312. The van der Waals surface area contributed by atoms with Crippen LogP contribution in [0.3, 0.4) is 0 Å². The predicted octanol–water partition coefficient (Wildman–Crippen LogP) is 4.41. The summed E-state index contributed by atoms with van der Waals surface area (Å²) in [5.41, 5.74) is 1.79. The quantitative estimate of drug-likeness (QED) is 0.898. The molecule has 4 nitrogen and oxygen atoms in total. The Bertz CT molecular complexity index is 758. The van der Waals surface area contributed by atoms with Crippen molar-refractivity contribution >= 4 is 29.2 Å². The summed E-state index contributed by atoms with van der Waals surface area (Å²) in [4.78, 5) is 20.4. The van der Waals surface area contributed by atoms with Gasteiger partial charge in [0.05, 0.1) is 21.4 Å². The average Bonchev–Trinajstić information content (AvgIpc) is 3.24. The third-order valence-electron chi connectivity index (χ3n) is 3.68. The minimum Gasteiger partial charge on any atom is -0.478 e. The molecule has 0 bridgehead atoms. The average molecular weight is 337 g/mol. The van der Waals surface area contributed by atoms with Gasteiger partial charge in [-0.3, -0.25) is 0 Å². The molecule has 1 N–H and O–H groups in total. The molecular weight excluding hydrogens is 323 g/mol. The first kappa shape index (κ1) is 15.3. The first-order valence-corrected chi connectivity index (χ1v) is 7.77. The van der Waals surface area contributed by atoms with Crippen LogP contribution < -0.4 is 0 Å². The molecule has 0 atom stereocenters. The monoisotopic (exact) mass is 336 g/mol. The van der Waals surface area contributed by atoms with E-state index in [0.29, 0.717) is 45.2 Å². The molecule has 114 valence electrons. The predicted molar refractivity (Wildman–Crippen MR) is 85.6 cm³/mol. The van der Waals surface area contributed by atoms with Crippen molar-refractivity contribution in [3.8, 4) is 11.3 Å². The van der Waals surface area contributed by atoms with Crippen LogP contribution in [0.25, 0.3) is 11.3 Å². The second-order valence-corrected chi connectivity index (χ2v) is 6.34. The Hall–Kier alpha value is -1.65. The largest absolute Gasteiger partial charge is 0.478 e. The molecule has 0 amide bonds.